The normalized spacial score (nSPS) is 11.2. The lowest BCUT2D eigenvalue weighted by atomic mass is 10.1. The number of halogens is 1. The fraction of sp³-hybridized carbons (Fsp3) is 0.0500. The van der Waals surface area contributed by atoms with Gasteiger partial charge in [-0.3, -0.25) is 4.79 Å². The highest BCUT2D eigenvalue weighted by Crippen LogP contribution is 2.24. The van der Waals surface area contributed by atoms with Crippen LogP contribution in [0.3, 0.4) is 0 Å². The molecule has 3 rings (SSSR count). The lowest BCUT2D eigenvalue weighted by Crippen LogP contribution is -2.27. The van der Waals surface area contributed by atoms with Gasteiger partial charge in [0, 0.05) is 11.8 Å². The number of aromatic nitrogens is 1. The van der Waals surface area contributed by atoms with Gasteiger partial charge in [-0.25, -0.2) is 4.98 Å². The number of nitrogens with zero attached hydrogens (tertiary/aromatic N) is 2. The molecule has 0 saturated carbocycles. The maximum Gasteiger partial charge on any atom is 0.252 e. The first-order valence-electron chi connectivity index (χ1n) is 7.80. The van der Waals surface area contributed by atoms with Gasteiger partial charge in [-0.1, -0.05) is 41.9 Å². The molecule has 6 heteroatoms. The molecule has 26 heavy (non-hydrogen) atoms. The Bertz CT molecular complexity index is 955. The van der Waals surface area contributed by atoms with E-state index in [9.17, 15) is 10.1 Å². The maximum atomic E-state index is 12.3. The molecule has 1 N–H and O–H groups in total. The number of hydrogen-bond donors (Lipinski definition) is 1. The Morgan fingerprint density at radius 2 is 1.85 bits per heavy atom. The van der Waals surface area contributed by atoms with E-state index in [0.717, 1.165) is 0 Å². The van der Waals surface area contributed by atoms with Crippen LogP contribution in [0.4, 0.5) is 0 Å². The van der Waals surface area contributed by atoms with Gasteiger partial charge in [-0.2, -0.15) is 5.26 Å². The summed E-state index contributed by atoms with van der Waals surface area (Å²) in [5.74, 6) is 0.860. The molecule has 1 heterocycles. The summed E-state index contributed by atoms with van der Waals surface area (Å²) in [6.45, 7) is 0. The summed E-state index contributed by atoms with van der Waals surface area (Å²) in [5.41, 5.74) is 0.955. The van der Waals surface area contributed by atoms with Crippen molar-refractivity contribution in [2.45, 2.75) is 6.04 Å². The lowest BCUT2D eigenvalue weighted by molar-refractivity contribution is 0.0945. The molecule has 0 bridgehead atoms. The van der Waals surface area contributed by atoms with Gasteiger partial charge in [0.15, 0.2) is 0 Å². The van der Waals surface area contributed by atoms with Gasteiger partial charge in [-0.15, -0.1) is 0 Å². The predicted octanol–water partition coefficient (Wildman–Crippen LogP) is 4.52. The van der Waals surface area contributed by atoms with E-state index < -0.39 is 11.9 Å². The van der Waals surface area contributed by atoms with E-state index in [2.05, 4.69) is 16.4 Å². The number of rotatable bonds is 5. The first kappa shape index (κ1) is 17.5. The summed E-state index contributed by atoms with van der Waals surface area (Å²) in [5, 5.41) is 12.4. The molecule has 0 aliphatic rings. The summed E-state index contributed by atoms with van der Waals surface area (Å²) in [6, 6.07) is 20.6. The molecular weight excluding hydrogens is 350 g/mol. The molecule has 128 valence electrons. The predicted molar refractivity (Wildman–Crippen MR) is 98.0 cm³/mol. The second-order valence-corrected chi connectivity index (χ2v) is 5.78. The minimum Gasteiger partial charge on any atom is -0.457 e. The van der Waals surface area contributed by atoms with Crippen LogP contribution in [0.15, 0.2) is 72.9 Å². The van der Waals surface area contributed by atoms with Crippen molar-refractivity contribution < 1.29 is 9.53 Å². The smallest absolute Gasteiger partial charge is 0.252 e. The molecule has 0 radical (unpaired) electrons. The molecule has 0 aliphatic carbocycles. The van der Waals surface area contributed by atoms with Crippen molar-refractivity contribution >= 4 is 17.5 Å². The zero-order valence-electron chi connectivity index (χ0n) is 13.6. The average molecular weight is 364 g/mol. The topological polar surface area (TPSA) is 75.0 Å². The van der Waals surface area contributed by atoms with Crippen LogP contribution in [-0.4, -0.2) is 10.9 Å². The third-order valence-corrected chi connectivity index (χ3v) is 3.77. The first-order valence-corrected chi connectivity index (χ1v) is 8.18. The summed E-state index contributed by atoms with van der Waals surface area (Å²) >= 11 is 5.80. The van der Waals surface area contributed by atoms with Crippen molar-refractivity contribution in [1.82, 2.24) is 10.3 Å². The van der Waals surface area contributed by atoms with Crippen LogP contribution in [0.25, 0.3) is 0 Å². The number of para-hydroxylation sites is 1. The van der Waals surface area contributed by atoms with Gasteiger partial charge in [0.05, 0.1) is 6.07 Å². The molecule has 0 spiro atoms. The highest BCUT2D eigenvalue weighted by molar-refractivity contribution is 6.29. The Labute approximate surface area is 155 Å². The fourth-order valence-electron chi connectivity index (χ4n) is 2.33. The number of carbonyl (C=O) groups is 1. The van der Waals surface area contributed by atoms with E-state index in [1.165, 1.54) is 18.3 Å². The van der Waals surface area contributed by atoms with Crippen molar-refractivity contribution in [3.63, 3.8) is 0 Å². The quantitative estimate of drug-likeness (QED) is 0.676. The number of carbonyl (C=O) groups excluding carboxylic acids is 1. The lowest BCUT2D eigenvalue weighted by Gasteiger charge is -2.14. The third kappa shape index (κ3) is 4.38. The standard InChI is InChI=1S/C20H14ClN3O2/c21-19-12-15(9-10-23-19)20(25)24-18(13-22)14-5-4-8-17(11-14)26-16-6-2-1-3-7-16/h1-12,18H,(H,24,25). The minimum absolute atomic E-state index is 0.212. The highest BCUT2D eigenvalue weighted by Gasteiger charge is 2.16. The van der Waals surface area contributed by atoms with E-state index >= 15 is 0 Å². The fourth-order valence-corrected chi connectivity index (χ4v) is 2.50. The highest BCUT2D eigenvalue weighted by atomic mass is 35.5. The van der Waals surface area contributed by atoms with Crippen LogP contribution in [0.5, 0.6) is 11.5 Å². The second-order valence-electron chi connectivity index (χ2n) is 5.39. The molecule has 5 nitrogen and oxygen atoms in total. The van der Waals surface area contributed by atoms with Gasteiger partial charge in [0.25, 0.3) is 5.91 Å². The Kier molecular flexibility index (Phi) is 5.47. The number of nitrogens with one attached hydrogen (secondary N) is 1. The molecule has 1 atom stereocenters. The van der Waals surface area contributed by atoms with Gasteiger partial charge >= 0.3 is 0 Å². The summed E-state index contributed by atoms with van der Waals surface area (Å²) in [6.07, 6.45) is 1.44. The molecule has 1 aromatic heterocycles. The van der Waals surface area contributed by atoms with E-state index in [1.807, 2.05) is 30.3 Å². The van der Waals surface area contributed by atoms with Crippen LogP contribution in [-0.2, 0) is 0 Å². The number of hydrogen-bond acceptors (Lipinski definition) is 4. The van der Waals surface area contributed by atoms with Gasteiger partial charge in [0.2, 0.25) is 0 Å². The zero-order chi connectivity index (χ0) is 18.4. The SMILES string of the molecule is N#CC(NC(=O)c1ccnc(Cl)c1)c1cccc(Oc2ccccc2)c1. The molecule has 0 saturated heterocycles. The molecule has 2 aromatic carbocycles. The maximum absolute atomic E-state index is 12.3. The average Bonchev–Trinajstić information content (AvgIpc) is 2.67. The number of amides is 1. The van der Waals surface area contributed by atoms with Crippen molar-refractivity contribution in [2.24, 2.45) is 0 Å². The Morgan fingerprint density at radius 3 is 2.58 bits per heavy atom. The van der Waals surface area contributed by atoms with Crippen molar-refractivity contribution in [3.8, 4) is 17.6 Å². The van der Waals surface area contributed by atoms with E-state index in [0.29, 0.717) is 22.6 Å². The number of ether oxygens (including phenoxy) is 1. The molecule has 1 amide bonds. The van der Waals surface area contributed by atoms with Gasteiger partial charge in [0.1, 0.15) is 22.7 Å². The molecule has 3 aromatic rings. The van der Waals surface area contributed by atoms with Crippen molar-refractivity contribution in [3.05, 3.63) is 89.2 Å². The van der Waals surface area contributed by atoms with Crippen LogP contribution < -0.4 is 10.1 Å². The monoisotopic (exact) mass is 363 g/mol. The third-order valence-electron chi connectivity index (χ3n) is 3.56. The molecule has 0 fully saturated rings. The molecule has 0 aliphatic heterocycles. The Balaban J connectivity index is 1.77. The zero-order valence-corrected chi connectivity index (χ0v) is 14.4. The van der Waals surface area contributed by atoms with Crippen LogP contribution in [0.1, 0.15) is 22.0 Å². The number of nitriles is 1. The first-order chi connectivity index (χ1) is 12.7. The molecule has 1 unspecified atom stereocenters. The van der Waals surface area contributed by atoms with Crippen molar-refractivity contribution in [1.29, 1.82) is 5.26 Å². The van der Waals surface area contributed by atoms with Crippen LogP contribution in [0.2, 0.25) is 5.15 Å². The summed E-state index contributed by atoms with van der Waals surface area (Å²) in [7, 11) is 0. The number of benzene rings is 2. The van der Waals surface area contributed by atoms with Crippen LogP contribution in [0, 0.1) is 11.3 Å². The molecular formula is C20H14ClN3O2. The van der Waals surface area contributed by atoms with E-state index in [4.69, 9.17) is 16.3 Å². The summed E-state index contributed by atoms with van der Waals surface area (Å²) < 4.78 is 5.77. The van der Waals surface area contributed by atoms with E-state index in [-0.39, 0.29) is 5.15 Å². The van der Waals surface area contributed by atoms with Crippen LogP contribution >= 0.6 is 11.6 Å². The second kappa shape index (κ2) is 8.15. The Morgan fingerprint density at radius 1 is 1.08 bits per heavy atom. The number of pyridine rings is 1. The van der Waals surface area contributed by atoms with Gasteiger partial charge < -0.3 is 10.1 Å². The largest absolute Gasteiger partial charge is 0.457 e. The van der Waals surface area contributed by atoms with Crippen molar-refractivity contribution in [2.75, 3.05) is 0 Å². The Hall–Kier alpha value is -3.36. The van der Waals surface area contributed by atoms with Gasteiger partial charge in [-0.05, 0) is 42.0 Å². The minimum atomic E-state index is -0.825. The van der Waals surface area contributed by atoms with E-state index in [1.54, 1.807) is 24.3 Å². The summed E-state index contributed by atoms with van der Waals surface area (Å²) in [4.78, 5) is 16.2.